The third-order valence-corrected chi connectivity index (χ3v) is 4.92. The van der Waals surface area contributed by atoms with E-state index in [1.54, 1.807) is 39.8 Å². The van der Waals surface area contributed by atoms with Gasteiger partial charge < -0.3 is 5.32 Å². The van der Waals surface area contributed by atoms with Crippen molar-refractivity contribution in [3.05, 3.63) is 21.9 Å². The molecule has 0 aliphatic carbocycles. The summed E-state index contributed by atoms with van der Waals surface area (Å²) in [4.78, 5) is 62.4. The van der Waals surface area contributed by atoms with Gasteiger partial charge >= 0.3 is 17.8 Å². The topological polar surface area (TPSA) is 104 Å². The molecular weight excluding hydrogens is 358 g/mol. The number of likely N-dealkylation sites (N-methyl/N-ethyl adjacent to an activating group) is 1. The van der Waals surface area contributed by atoms with Gasteiger partial charge in [0.2, 0.25) is 5.91 Å². The minimum atomic E-state index is -0.987. The molecule has 1 fully saturated rings. The molecule has 26 heavy (non-hydrogen) atoms. The Morgan fingerprint density at radius 1 is 1.08 bits per heavy atom. The van der Waals surface area contributed by atoms with Crippen molar-refractivity contribution < 1.29 is 24.0 Å². The van der Waals surface area contributed by atoms with Gasteiger partial charge in [-0.25, -0.2) is 9.69 Å². The van der Waals surface area contributed by atoms with Gasteiger partial charge in [0.15, 0.2) is 5.78 Å². The third kappa shape index (κ3) is 3.98. The van der Waals surface area contributed by atoms with Crippen LogP contribution in [0.5, 0.6) is 0 Å². The van der Waals surface area contributed by atoms with Crippen molar-refractivity contribution in [3.8, 4) is 0 Å². The molecule has 2 heterocycles. The number of amides is 5. The molecule has 1 aromatic rings. The lowest BCUT2D eigenvalue weighted by atomic mass is 9.96. The van der Waals surface area contributed by atoms with E-state index in [0.29, 0.717) is 9.78 Å². The number of ketones is 1. The van der Waals surface area contributed by atoms with E-state index in [1.807, 2.05) is 0 Å². The molecule has 1 aliphatic heterocycles. The van der Waals surface area contributed by atoms with Crippen molar-refractivity contribution in [2.75, 3.05) is 13.1 Å². The Bertz CT molecular complexity index is 778. The summed E-state index contributed by atoms with van der Waals surface area (Å²) in [5, 5.41) is 2.79. The number of imide groups is 2. The summed E-state index contributed by atoms with van der Waals surface area (Å²) in [5.41, 5.74) is -0.510. The quantitative estimate of drug-likeness (QED) is 0.457. The number of nitrogens with zero attached hydrogens (tertiary/aromatic N) is 2. The SMILES string of the molecule is CCN1C(=O)C(=O)N(CC(=O)c2ccc(CNC(=O)C(C)(C)C)s2)C1=O. The number of Topliss-reactive ketones (excluding diaryl/α,β-unsaturated/α-hetero) is 1. The van der Waals surface area contributed by atoms with E-state index in [1.165, 1.54) is 11.3 Å². The van der Waals surface area contributed by atoms with Crippen molar-refractivity contribution in [2.45, 2.75) is 34.2 Å². The standard InChI is InChI=1S/C17H21N3O5S/c1-5-19-13(22)14(23)20(16(19)25)9-11(21)12-7-6-10(26-12)8-18-15(24)17(2,3)4/h6-7H,5,8-9H2,1-4H3,(H,18,24). The predicted octanol–water partition coefficient (Wildman–Crippen LogP) is 1.40. The highest BCUT2D eigenvalue weighted by molar-refractivity contribution is 7.14. The lowest BCUT2D eigenvalue weighted by molar-refractivity contribution is -0.143. The van der Waals surface area contributed by atoms with Gasteiger partial charge in [-0.1, -0.05) is 20.8 Å². The highest BCUT2D eigenvalue weighted by Crippen LogP contribution is 2.20. The number of thiophene rings is 1. The van der Waals surface area contributed by atoms with Gasteiger partial charge in [-0.05, 0) is 19.1 Å². The summed E-state index contributed by atoms with van der Waals surface area (Å²) < 4.78 is 0. The monoisotopic (exact) mass is 379 g/mol. The van der Waals surface area contributed by atoms with Crippen LogP contribution in [0.25, 0.3) is 0 Å². The zero-order valence-electron chi connectivity index (χ0n) is 15.1. The van der Waals surface area contributed by atoms with E-state index >= 15 is 0 Å². The Morgan fingerprint density at radius 3 is 2.23 bits per heavy atom. The number of hydrogen-bond acceptors (Lipinski definition) is 6. The van der Waals surface area contributed by atoms with Crippen molar-refractivity contribution in [1.82, 2.24) is 15.1 Å². The number of urea groups is 1. The number of hydrogen-bond donors (Lipinski definition) is 1. The maximum absolute atomic E-state index is 12.4. The fourth-order valence-corrected chi connectivity index (χ4v) is 3.12. The summed E-state index contributed by atoms with van der Waals surface area (Å²) in [6.45, 7) is 6.87. The van der Waals surface area contributed by atoms with E-state index in [4.69, 9.17) is 0 Å². The van der Waals surface area contributed by atoms with Crippen LogP contribution in [0.15, 0.2) is 12.1 Å². The van der Waals surface area contributed by atoms with E-state index in [2.05, 4.69) is 5.32 Å². The summed E-state index contributed by atoms with van der Waals surface area (Å²) in [6, 6.07) is 2.51. The second-order valence-corrected chi connectivity index (χ2v) is 8.01. The van der Waals surface area contributed by atoms with E-state index in [-0.39, 0.29) is 19.0 Å². The van der Waals surface area contributed by atoms with Gasteiger partial charge in [-0.3, -0.25) is 24.1 Å². The minimum Gasteiger partial charge on any atom is -0.351 e. The van der Waals surface area contributed by atoms with Crippen LogP contribution in [-0.2, 0) is 20.9 Å². The van der Waals surface area contributed by atoms with Gasteiger partial charge in [0.1, 0.15) is 0 Å². The van der Waals surface area contributed by atoms with Crippen LogP contribution in [-0.4, -0.2) is 52.4 Å². The van der Waals surface area contributed by atoms with Crippen LogP contribution in [0.3, 0.4) is 0 Å². The molecule has 5 amide bonds. The lowest BCUT2D eigenvalue weighted by Crippen LogP contribution is -2.36. The summed E-state index contributed by atoms with van der Waals surface area (Å²) in [7, 11) is 0. The maximum atomic E-state index is 12.4. The number of rotatable bonds is 6. The molecule has 2 rings (SSSR count). The molecule has 9 heteroatoms. The largest absolute Gasteiger partial charge is 0.351 e. The highest BCUT2D eigenvalue weighted by atomic mass is 32.1. The first kappa shape index (κ1) is 19.8. The second-order valence-electron chi connectivity index (χ2n) is 6.85. The molecule has 0 atom stereocenters. The van der Waals surface area contributed by atoms with Crippen molar-refractivity contribution in [1.29, 1.82) is 0 Å². The van der Waals surface area contributed by atoms with Crippen LogP contribution in [0.1, 0.15) is 42.2 Å². The zero-order valence-corrected chi connectivity index (χ0v) is 15.9. The average Bonchev–Trinajstić information content (AvgIpc) is 3.11. The third-order valence-electron chi connectivity index (χ3n) is 3.79. The number of carbonyl (C=O) groups excluding carboxylic acids is 5. The Morgan fingerprint density at radius 2 is 1.69 bits per heavy atom. The van der Waals surface area contributed by atoms with Gasteiger partial charge in [-0.2, -0.15) is 0 Å². The first-order chi connectivity index (χ1) is 12.1. The van der Waals surface area contributed by atoms with Crippen LogP contribution < -0.4 is 5.32 Å². The highest BCUT2D eigenvalue weighted by Gasteiger charge is 2.44. The number of nitrogens with one attached hydrogen (secondary N) is 1. The molecule has 1 saturated heterocycles. The maximum Gasteiger partial charge on any atom is 0.334 e. The van der Waals surface area contributed by atoms with E-state index in [9.17, 15) is 24.0 Å². The smallest absolute Gasteiger partial charge is 0.334 e. The van der Waals surface area contributed by atoms with E-state index in [0.717, 1.165) is 9.78 Å². The molecule has 0 bridgehead atoms. The van der Waals surface area contributed by atoms with Gasteiger partial charge in [0.25, 0.3) is 0 Å². The second kappa shape index (κ2) is 7.36. The van der Waals surface area contributed by atoms with Crippen LogP contribution in [0, 0.1) is 5.41 Å². The van der Waals surface area contributed by atoms with Crippen LogP contribution in [0.2, 0.25) is 0 Å². The van der Waals surface area contributed by atoms with E-state index < -0.39 is 35.6 Å². The molecule has 1 aromatic heterocycles. The molecule has 0 spiro atoms. The Balaban J connectivity index is 2.00. The fourth-order valence-electron chi connectivity index (χ4n) is 2.25. The zero-order chi connectivity index (χ0) is 19.6. The van der Waals surface area contributed by atoms with Crippen LogP contribution >= 0.6 is 11.3 Å². The first-order valence-corrected chi connectivity index (χ1v) is 8.95. The summed E-state index contributed by atoms with van der Waals surface area (Å²) >= 11 is 1.17. The average molecular weight is 379 g/mol. The Labute approximate surface area is 155 Å². The normalized spacial score (nSPS) is 15.0. The van der Waals surface area contributed by atoms with Gasteiger partial charge in [-0.15, -0.1) is 11.3 Å². The first-order valence-electron chi connectivity index (χ1n) is 8.13. The van der Waals surface area contributed by atoms with Gasteiger partial charge in [0.05, 0.1) is 18.0 Å². The molecule has 0 radical (unpaired) electrons. The number of carbonyl (C=O) groups is 5. The molecule has 8 nitrogen and oxygen atoms in total. The Kier molecular flexibility index (Phi) is 5.60. The molecule has 140 valence electrons. The molecule has 0 aromatic carbocycles. The van der Waals surface area contributed by atoms with Crippen molar-refractivity contribution in [2.24, 2.45) is 5.41 Å². The molecule has 1 N–H and O–H groups in total. The van der Waals surface area contributed by atoms with Crippen LogP contribution in [0.4, 0.5) is 4.79 Å². The van der Waals surface area contributed by atoms with Crippen molar-refractivity contribution in [3.63, 3.8) is 0 Å². The molecule has 0 saturated carbocycles. The lowest BCUT2D eigenvalue weighted by Gasteiger charge is -2.17. The summed E-state index contributed by atoms with van der Waals surface area (Å²) in [5.74, 6) is -2.44. The molecule has 1 aliphatic rings. The predicted molar refractivity (Wildman–Crippen MR) is 94.4 cm³/mol. The molecule has 0 unspecified atom stereocenters. The van der Waals surface area contributed by atoms with Gasteiger partial charge in [0, 0.05) is 16.8 Å². The Hall–Kier alpha value is -2.55. The fraction of sp³-hybridized carbons (Fsp3) is 0.471. The summed E-state index contributed by atoms with van der Waals surface area (Å²) in [6.07, 6.45) is 0. The van der Waals surface area contributed by atoms with Crippen molar-refractivity contribution >= 4 is 40.9 Å². The molecular formula is C17H21N3O5S. The minimum absolute atomic E-state index is 0.0741.